The fourth-order valence-electron chi connectivity index (χ4n) is 3.89. The lowest BCUT2D eigenvalue weighted by Crippen LogP contribution is -2.57. The van der Waals surface area contributed by atoms with Crippen LogP contribution in [0.4, 0.5) is 0 Å². The molecule has 126 valence electrons. The molecule has 0 spiro atoms. The van der Waals surface area contributed by atoms with E-state index in [1.165, 1.54) is 12.8 Å². The Morgan fingerprint density at radius 2 is 2.00 bits per heavy atom. The first-order valence-electron chi connectivity index (χ1n) is 8.55. The second kappa shape index (κ2) is 5.98. The minimum absolute atomic E-state index is 0.00297. The van der Waals surface area contributed by atoms with Crippen LogP contribution < -0.4 is 5.32 Å². The Morgan fingerprint density at radius 3 is 2.61 bits per heavy atom. The average molecular weight is 318 g/mol. The van der Waals surface area contributed by atoms with E-state index in [2.05, 4.69) is 10.4 Å². The van der Waals surface area contributed by atoms with Crippen molar-refractivity contribution in [2.75, 3.05) is 6.54 Å². The van der Waals surface area contributed by atoms with Gasteiger partial charge in [0.25, 0.3) is 5.91 Å². The molecule has 1 aliphatic heterocycles. The molecular formula is C17H26N4O2. The minimum Gasteiger partial charge on any atom is -0.351 e. The fourth-order valence-corrected chi connectivity index (χ4v) is 3.89. The zero-order valence-corrected chi connectivity index (χ0v) is 14.3. The molecule has 6 heteroatoms. The highest BCUT2D eigenvalue weighted by molar-refractivity contribution is 6.00. The Morgan fingerprint density at radius 1 is 1.30 bits per heavy atom. The normalized spacial score (nSPS) is 25.1. The van der Waals surface area contributed by atoms with Crippen LogP contribution in [0.2, 0.25) is 0 Å². The number of hydrogen-bond donors (Lipinski definition) is 1. The number of carbonyl (C=O) groups is 2. The van der Waals surface area contributed by atoms with E-state index in [9.17, 15) is 9.59 Å². The van der Waals surface area contributed by atoms with Crippen molar-refractivity contribution < 1.29 is 9.59 Å². The second-order valence-electron chi connectivity index (χ2n) is 7.09. The lowest BCUT2D eigenvalue weighted by atomic mass is 9.96. The summed E-state index contributed by atoms with van der Waals surface area (Å²) in [6, 6.07) is 0.275. The first kappa shape index (κ1) is 16.0. The molecule has 1 atom stereocenters. The van der Waals surface area contributed by atoms with Crippen LogP contribution >= 0.6 is 0 Å². The molecule has 2 fully saturated rings. The molecule has 0 unspecified atom stereocenters. The number of hydrogen-bond acceptors (Lipinski definition) is 3. The van der Waals surface area contributed by atoms with Crippen LogP contribution in [-0.4, -0.2) is 44.6 Å². The Kier molecular flexibility index (Phi) is 4.17. The van der Waals surface area contributed by atoms with Gasteiger partial charge < -0.3 is 10.2 Å². The number of likely N-dealkylation sites (tertiary alicyclic amines) is 1. The van der Waals surface area contributed by atoms with Gasteiger partial charge in [-0.15, -0.1) is 0 Å². The molecule has 3 rings (SSSR count). The molecule has 6 nitrogen and oxygen atoms in total. The van der Waals surface area contributed by atoms with Crippen LogP contribution in [0.25, 0.3) is 0 Å². The van der Waals surface area contributed by atoms with Crippen molar-refractivity contribution in [2.24, 2.45) is 7.05 Å². The maximum absolute atomic E-state index is 12.9. The lowest BCUT2D eigenvalue weighted by Gasteiger charge is -2.34. The molecule has 0 aromatic carbocycles. The van der Waals surface area contributed by atoms with Gasteiger partial charge in [0.15, 0.2) is 0 Å². The van der Waals surface area contributed by atoms with Crippen molar-refractivity contribution in [1.29, 1.82) is 0 Å². The summed E-state index contributed by atoms with van der Waals surface area (Å²) in [6.07, 6.45) is 7.79. The van der Waals surface area contributed by atoms with Crippen molar-refractivity contribution in [3.63, 3.8) is 0 Å². The highest BCUT2D eigenvalue weighted by Crippen LogP contribution is 2.32. The first-order valence-corrected chi connectivity index (χ1v) is 8.55. The molecule has 1 aromatic heterocycles. The van der Waals surface area contributed by atoms with Gasteiger partial charge in [-0.05, 0) is 39.5 Å². The van der Waals surface area contributed by atoms with Gasteiger partial charge in [0.1, 0.15) is 5.54 Å². The van der Waals surface area contributed by atoms with Gasteiger partial charge in [-0.1, -0.05) is 12.8 Å². The van der Waals surface area contributed by atoms with Gasteiger partial charge in [-0.25, -0.2) is 0 Å². The predicted octanol–water partition coefficient (Wildman–Crippen LogP) is 1.78. The van der Waals surface area contributed by atoms with Gasteiger partial charge in [-0.2, -0.15) is 5.10 Å². The Bertz CT molecular complexity index is 618. The number of rotatable bonds is 3. The summed E-state index contributed by atoms with van der Waals surface area (Å²) in [6.45, 7) is 4.36. The zero-order chi connectivity index (χ0) is 16.6. The lowest BCUT2D eigenvalue weighted by molar-refractivity contribution is -0.130. The van der Waals surface area contributed by atoms with Crippen molar-refractivity contribution in [3.05, 3.63) is 17.5 Å². The predicted molar refractivity (Wildman–Crippen MR) is 87.0 cm³/mol. The SMILES string of the molecule is Cc1nn(C)cc1C(=O)N1CCC[C@]1(C)C(=O)NC1CCCC1. The second-order valence-corrected chi connectivity index (χ2v) is 7.09. The summed E-state index contributed by atoms with van der Waals surface area (Å²) in [5.74, 6) is -0.0889. The highest BCUT2D eigenvalue weighted by atomic mass is 16.2. The van der Waals surface area contributed by atoms with Gasteiger partial charge in [-0.3, -0.25) is 14.3 Å². The van der Waals surface area contributed by atoms with E-state index >= 15 is 0 Å². The monoisotopic (exact) mass is 318 g/mol. The molecule has 0 bridgehead atoms. The Labute approximate surface area is 137 Å². The van der Waals surface area contributed by atoms with Gasteiger partial charge in [0, 0.05) is 25.8 Å². The quantitative estimate of drug-likeness (QED) is 0.924. The van der Waals surface area contributed by atoms with Crippen molar-refractivity contribution in [1.82, 2.24) is 20.0 Å². The average Bonchev–Trinajstić information content (AvgIpc) is 3.20. The number of aromatic nitrogens is 2. The molecule has 2 heterocycles. The molecule has 1 aliphatic carbocycles. The molecule has 1 saturated carbocycles. The van der Waals surface area contributed by atoms with E-state index in [1.54, 1.807) is 22.8 Å². The third-order valence-corrected chi connectivity index (χ3v) is 5.31. The number of nitrogens with zero attached hydrogens (tertiary/aromatic N) is 3. The number of nitrogens with one attached hydrogen (secondary N) is 1. The van der Waals surface area contributed by atoms with Crippen molar-refractivity contribution in [3.8, 4) is 0 Å². The molecule has 23 heavy (non-hydrogen) atoms. The van der Waals surface area contributed by atoms with E-state index in [4.69, 9.17) is 0 Å². The highest BCUT2D eigenvalue weighted by Gasteiger charge is 2.46. The van der Waals surface area contributed by atoms with E-state index in [0.717, 1.165) is 25.7 Å². The smallest absolute Gasteiger partial charge is 0.258 e. The van der Waals surface area contributed by atoms with Crippen LogP contribution in [0.15, 0.2) is 6.20 Å². The summed E-state index contributed by atoms with van der Waals surface area (Å²) in [5, 5.41) is 7.41. The van der Waals surface area contributed by atoms with Crippen LogP contribution in [-0.2, 0) is 11.8 Å². The number of amides is 2. The summed E-state index contributed by atoms with van der Waals surface area (Å²) in [7, 11) is 1.81. The molecule has 0 radical (unpaired) electrons. The third-order valence-electron chi connectivity index (χ3n) is 5.31. The van der Waals surface area contributed by atoms with E-state index < -0.39 is 5.54 Å². The zero-order valence-electron chi connectivity index (χ0n) is 14.3. The molecule has 2 amide bonds. The van der Waals surface area contributed by atoms with Gasteiger partial charge >= 0.3 is 0 Å². The molecule has 1 saturated heterocycles. The molecular weight excluding hydrogens is 292 g/mol. The molecule has 1 aromatic rings. The summed E-state index contributed by atoms with van der Waals surface area (Å²) < 4.78 is 1.65. The van der Waals surface area contributed by atoms with Crippen molar-refractivity contribution in [2.45, 2.75) is 64.0 Å². The Balaban J connectivity index is 1.79. The summed E-state index contributed by atoms with van der Waals surface area (Å²) >= 11 is 0. The van der Waals surface area contributed by atoms with Gasteiger partial charge in [0.05, 0.1) is 11.3 Å². The summed E-state index contributed by atoms with van der Waals surface area (Å²) in [5.41, 5.74) is 0.555. The van der Waals surface area contributed by atoms with Crippen molar-refractivity contribution >= 4 is 11.8 Å². The van der Waals surface area contributed by atoms with Gasteiger partial charge in [0.2, 0.25) is 5.91 Å². The Hall–Kier alpha value is -1.85. The maximum Gasteiger partial charge on any atom is 0.258 e. The van der Waals surface area contributed by atoms with Crippen LogP contribution in [0.3, 0.4) is 0 Å². The summed E-state index contributed by atoms with van der Waals surface area (Å²) in [4.78, 5) is 27.5. The molecule has 2 aliphatic rings. The van der Waals surface area contributed by atoms with Crippen LogP contribution in [0.1, 0.15) is 61.5 Å². The van der Waals surface area contributed by atoms with E-state index in [1.807, 2.05) is 13.8 Å². The first-order chi connectivity index (χ1) is 10.9. The standard InChI is InChI=1S/C17H26N4O2/c1-12-14(11-20(3)19-12)15(22)21-10-6-9-17(21,2)16(23)18-13-7-4-5-8-13/h11,13H,4-10H2,1-3H3,(H,18,23)/t17-/m1/s1. The minimum atomic E-state index is -0.748. The topological polar surface area (TPSA) is 67.2 Å². The fraction of sp³-hybridized carbons (Fsp3) is 0.706. The third kappa shape index (κ3) is 2.86. The van der Waals surface area contributed by atoms with Crippen LogP contribution in [0, 0.1) is 6.92 Å². The van der Waals surface area contributed by atoms with E-state index in [-0.39, 0.29) is 17.9 Å². The maximum atomic E-state index is 12.9. The number of carbonyl (C=O) groups excluding carboxylic acids is 2. The van der Waals surface area contributed by atoms with E-state index in [0.29, 0.717) is 17.8 Å². The number of aryl methyl sites for hydroxylation is 2. The molecule has 1 N–H and O–H groups in total. The van der Waals surface area contributed by atoms with Crippen LogP contribution in [0.5, 0.6) is 0 Å². The largest absolute Gasteiger partial charge is 0.351 e.